The molecule has 0 aliphatic carbocycles. The van der Waals surface area contributed by atoms with Gasteiger partial charge in [-0.3, -0.25) is 14.7 Å². The molecule has 1 aromatic heterocycles. The minimum absolute atomic E-state index is 0.195. The first-order chi connectivity index (χ1) is 17.6. The van der Waals surface area contributed by atoms with Crippen LogP contribution < -0.4 is 14.8 Å². The maximum Gasteiger partial charge on any atom is 0.274 e. The minimum atomic E-state index is -0.195. The minimum Gasteiger partial charge on any atom is -0.493 e. The second kappa shape index (κ2) is 10.8. The highest BCUT2D eigenvalue weighted by molar-refractivity contribution is 6.11. The number of nitrogens with zero attached hydrogens (tertiary/aromatic N) is 2. The van der Waals surface area contributed by atoms with E-state index >= 15 is 0 Å². The van der Waals surface area contributed by atoms with Gasteiger partial charge in [-0.05, 0) is 78.2 Å². The van der Waals surface area contributed by atoms with Crippen LogP contribution in [0.2, 0.25) is 0 Å². The summed E-state index contributed by atoms with van der Waals surface area (Å²) in [6.07, 6.45) is 4.77. The summed E-state index contributed by atoms with van der Waals surface area (Å²) in [6, 6.07) is 22.1. The third kappa shape index (κ3) is 5.19. The molecule has 0 spiro atoms. The predicted octanol–water partition coefficient (Wildman–Crippen LogP) is 5.50. The Morgan fingerprint density at radius 2 is 1.72 bits per heavy atom. The number of ether oxygens (including phenoxy) is 2. The fourth-order valence-corrected chi connectivity index (χ4v) is 4.88. The van der Waals surface area contributed by atoms with Gasteiger partial charge in [0.15, 0.2) is 11.5 Å². The SMILES string of the molecule is COc1cc2c(cc1OC)CN(CCCc1ccc(NC(=O)c3nccc4ccccc34)cc1)CC2. The van der Waals surface area contributed by atoms with E-state index in [0.717, 1.165) is 66.9 Å². The van der Waals surface area contributed by atoms with Gasteiger partial charge in [-0.1, -0.05) is 36.4 Å². The van der Waals surface area contributed by atoms with Gasteiger partial charge in [0.1, 0.15) is 5.69 Å². The summed E-state index contributed by atoms with van der Waals surface area (Å²) in [4.78, 5) is 19.6. The van der Waals surface area contributed by atoms with Crippen LogP contribution >= 0.6 is 0 Å². The first-order valence-corrected chi connectivity index (χ1v) is 12.3. The van der Waals surface area contributed by atoms with E-state index in [1.54, 1.807) is 20.4 Å². The van der Waals surface area contributed by atoms with Crippen molar-refractivity contribution in [2.24, 2.45) is 0 Å². The first kappa shape index (κ1) is 23.8. The Morgan fingerprint density at radius 1 is 0.972 bits per heavy atom. The van der Waals surface area contributed by atoms with Gasteiger partial charge in [0, 0.05) is 30.4 Å². The van der Waals surface area contributed by atoms with Gasteiger partial charge in [-0.2, -0.15) is 0 Å². The number of aromatic nitrogens is 1. The Hall–Kier alpha value is -3.90. The van der Waals surface area contributed by atoms with Gasteiger partial charge in [0.05, 0.1) is 14.2 Å². The summed E-state index contributed by atoms with van der Waals surface area (Å²) in [5.74, 6) is 1.40. The van der Waals surface area contributed by atoms with Gasteiger partial charge >= 0.3 is 0 Å². The fourth-order valence-electron chi connectivity index (χ4n) is 4.88. The van der Waals surface area contributed by atoms with Crippen LogP contribution in [0.3, 0.4) is 0 Å². The molecule has 3 aromatic carbocycles. The van der Waals surface area contributed by atoms with E-state index in [1.165, 1.54) is 16.7 Å². The maximum absolute atomic E-state index is 12.8. The molecule has 1 N–H and O–H groups in total. The maximum atomic E-state index is 12.8. The summed E-state index contributed by atoms with van der Waals surface area (Å²) in [7, 11) is 3.37. The molecule has 4 aromatic rings. The summed E-state index contributed by atoms with van der Waals surface area (Å²) in [5, 5.41) is 4.84. The summed E-state index contributed by atoms with van der Waals surface area (Å²) in [5.41, 5.74) is 5.15. The highest BCUT2D eigenvalue weighted by Gasteiger charge is 2.19. The van der Waals surface area contributed by atoms with Crippen LogP contribution in [0.25, 0.3) is 10.8 Å². The molecule has 6 nitrogen and oxygen atoms in total. The molecule has 1 aliphatic heterocycles. The van der Waals surface area contributed by atoms with Crippen LogP contribution in [0.15, 0.2) is 72.9 Å². The first-order valence-electron chi connectivity index (χ1n) is 12.3. The van der Waals surface area contributed by atoms with Crippen LogP contribution in [0.5, 0.6) is 11.5 Å². The smallest absolute Gasteiger partial charge is 0.274 e. The summed E-state index contributed by atoms with van der Waals surface area (Å²) >= 11 is 0. The number of hydrogen-bond acceptors (Lipinski definition) is 5. The average molecular weight is 482 g/mol. The van der Waals surface area contributed by atoms with Crippen LogP contribution in [0.4, 0.5) is 5.69 Å². The Kier molecular flexibility index (Phi) is 7.14. The van der Waals surface area contributed by atoms with Crippen molar-refractivity contribution in [1.82, 2.24) is 9.88 Å². The number of carbonyl (C=O) groups is 1. The third-order valence-electron chi connectivity index (χ3n) is 6.84. The zero-order valence-electron chi connectivity index (χ0n) is 20.8. The Bertz CT molecular complexity index is 1360. The lowest BCUT2D eigenvalue weighted by atomic mass is 9.98. The number of aryl methyl sites for hydroxylation is 1. The summed E-state index contributed by atoms with van der Waals surface area (Å²) < 4.78 is 10.9. The summed E-state index contributed by atoms with van der Waals surface area (Å²) in [6.45, 7) is 3.03. The molecule has 0 unspecified atom stereocenters. The number of methoxy groups -OCH3 is 2. The fraction of sp³-hybridized carbons (Fsp3) is 0.267. The number of benzene rings is 3. The quantitative estimate of drug-likeness (QED) is 0.360. The number of rotatable bonds is 8. The molecule has 36 heavy (non-hydrogen) atoms. The van der Waals surface area contributed by atoms with Crippen molar-refractivity contribution in [3.63, 3.8) is 0 Å². The number of fused-ring (bicyclic) bond motifs is 2. The molecule has 1 amide bonds. The number of hydrogen-bond donors (Lipinski definition) is 1. The van der Waals surface area contributed by atoms with Crippen LogP contribution in [-0.4, -0.2) is 43.1 Å². The largest absolute Gasteiger partial charge is 0.493 e. The van der Waals surface area contributed by atoms with Gasteiger partial charge < -0.3 is 14.8 Å². The van der Waals surface area contributed by atoms with E-state index in [2.05, 4.69) is 39.5 Å². The van der Waals surface area contributed by atoms with E-state index in [-0.39, 0.29) is 5.91 Å². The van der Waals surface area contributed by atoms with Crippen molar-refractivity contribution in [1.29, 1.82) is 0 Å². The van der Waals surface area contributed by atoms with E-state index < -0.39 is 0 Å². The molecule has 0 atom stereocenters. The molecule has 2 heterocycles. The van der Waals surface area contributed by atoms with Gasteiger partial charge in [0.2, 0.25) is 0 Å². The van der Waals surface area contributed by atoms with Crippen LogP contribution in [0, 0.1) is 0 Å². The zero-order valence-corrected chi connectivity index (χ0v) is 20.8. The van der Waals surface area contributed by atoms with E-state index in [9.17, 15) is 4.79 Å². The van der Waals surface area contributed by atoms with Crippen molar-refractivity contribution in [2.75, 3.05) is 32.6 Å². The Balaban J connectivity index is 1.14. The molecule has 0 bridgehead atoms. The number of carbonyl (C=O) groups excluding carboxylic acids is 1. The lowest BCUT2D eigenvalue weighted by Crippen LogP contribution is -2.31. The zero-order chi connectivity index (χ0) is 24.9. The molecule has 0 saturated heterocycles. The normalized spacial score (nSPS) is 13.3. The van der Waals surface area contributed by atoms with Gasteiger partial charge in [-0.25, -0.2) is 0 Å². The number of amides is 1. The number of nitrogens with one attached hydrogen (secondary N) is 1. The van der Waals surface area contributed by atoms with Crippen molar-refractivity contribution in [2.45, 2.75) is 25.8 Å². The van der Waals surface area contributed by atoms with Crippen molar-refractivity contribution < 1.29 is 14.3 Å². The number of anilines is 1. The number of pyridine rings is 1. The monoisotopic (exact) mass is 481 g/mol. The molecule has 6 heteroatoms. The third-order valence-corrected chi connectivity index (χ3v) is 6.84. The van der Waals surface area contributed by atoms with Gasteiger partial charge in [-0.15, -0.1) is 0 Å². The standard InChI is InChI=1S/C30H31N3O3/c1-35-27-18-23-14-17-33(20-24(23)19-28(27)36-2)16-5-6-21-9-11-25(12-10-21)32-30(34)29-26-8-4-3-7-22(26)13-15-31-29/h3-4,7-13,15,18-19H,5-6,14,16-17,20H2,1-2H3,(H,32,34). The highest BCUT2D eigenvalue weighted by atomic mass is 16.5. The Labute approximate surface area is 211 Å². The molecular weight excluding hydrogens is 450 g/mol. The highest BCUT2D eigenvalue weighted by Crippen LogP contribution is 2.33. The van der Waals surface area contributed by atoms with E-state index in [1.807, 2.05) is 42.5 Å². The second-order valence-electron chi connectivity index (χ2n) is 9.14. The van der Waals surface area contributed by atoms with Gasteiger partial charge in [0.25, 0.3) is 5.91 Å². The lowest BCUT2D eigenvalue weighted by Gasteiger charge is -2.29. The van der Waals surface area contributed by atoms with Crippen molar-refractivity contribution in [3.05, 3.63) is 95.3 Å². The molecule has 184 valence electrons. The molecular formula is C30H31N3O3. The predicted molar refractivity (Wildman–Crippen MR) is 143 cm³/mol. The van der Waals surface area contributed by atoms with Crippen molar-refractivity contribution in [3.8, 4) is 11.5 Å². The lowest BCUT2D eigenvalue weighted by molar-refractivity contribution is 0.102. The van der Waals surface area contributed by atoms with Crippen LogP contribution in [-0.2, 0) is 19.4 Å². The second-order valence-corrected chi connectivity index (χ2v) is 9.14. The van der Waals surface area contributed by atoms with E-state index in [0.29, 0.717) is 5.69 Å². The average Bonchev–Trinajstić information content (AvgIpc) is 2.92. The molecule has 0 radical (unpaired) electrons. The molecule has 0 saturated carbocycles. The van der Waals surface area contributed by atoms with Crippen LogP contribution in [0.1, 0.15) is 33.6 Å². The molecule has 1 aliphatic rings. The molecule has 0 fully saturated rings. The molecule has 5 rings (SSSR count). The van der Waals surface area contributed by atoms with E-state index in [4.69, 9.17) is 9.47 Å². The Morgan fingerprint density at radius 3 is 2.50 bits per heavy atom. The van der Waals surface area contributed by atoms with Crippen molar-refractivity contribution >= 4 is 22.4 Å². The topological polar surface area (TPSA) is 63.7 Å².